The fraction of sp³-hybridized carbons (Fsp3) is 0.308. The summed E-state index contributed by atoms with van der Waals surface area (Å²) in [5.41, 5.74) is 1.23. The fourth-order valence-electron chi connectivity index (χ4n) is 1.76. The van der Waals surface area contributed by atoms with E-state index in [2.05, 4.69) is 29.1 Å². The molecule has 0 saturated heterocycles. The molecule has 0 aliphatic rings. The number of hydrogen-bond donors (Lipinski definition) is 0. The summed E-state index contributed by atoms with van der Waals surface area (Å²) in [5.74, 6) is 0.890. The molecule has 3 nitrogen and oxygen atoms in total. The van der Waals surface area contributed by atoms with Gasteiger partial charge in [-0.3, -0.25) is 4.90 Å². The van der Waals surface area contributed by atoms with E-state index in [4.69, 9.17) is 16.3 Å². The van der Waals surface area contributed by atoms with Crippen molar-refractivity contribution in [1.82, 2.24) is 9.88 Å². The van der Waals surface area contributed by atoms with Crippen LogP contribution in [0.5, 0.6) is 5.75 Å². The number of benzene rings is 1. The maximum atomic E-state index is 5.82. The summed E-state index contributed by atoms with van der Waals surface area (Å²) in [7, 11) is 3.76. The van der Waals surface area contributed by atoms with Crippen molar-refractivity contribution in [1.29, 1.82) is 0 Å². The minimum Gasteiger partial charge on any atom is -0.497 e. The summed E-state index contributed by atoms with van der Waals surface area (Å²) in [6, 6.07) is 8.10. The van der Waals surface area contributed by atoms with Gasteiger partial charge in [0.1, 0.15) is 5.75 Å². The van der Waals surface area contributed by atoms with Crippen LogP contribution in [0.25, 0.3) is 0 Å². The highest BCUT2D eigenvalue weighted by molar-refractivity contribution is 7.15. The first-order chi connectivity index (χ1) is 8.67. The highest BCUT2D eigenvalue weighted by Gasteiger charge is 2.05. The molecule has 18 heavy (non-hydrogen) atoms. The zero-order chi connectivity index (χ0) is 13.0. The Morgan fingerprint density at radius 3 is 2.89 bits per heavy atom. The lowest BCUT2D eigenvalue weighted by molar-refractivity contribution is 0.321. The molecule has 1 heterocycles. The number of thiazole rings is 1. The van der Waals surface area contributed by atoms with Gasteiger partial charge in [-0.1, -0.05) is 23.7 Å². The van der Waals surface area contributed by atoms with Gasteiger partial charge in [0.25, 0.3) is 0 Å². The van der Waals surface area contributed by atoms with Crippen LogP contribution in [-0.2, 0) is 13.1 Å². The number of hydrogen-bond acceptors (Lipinski definition) is 4. The third-order valence-electron chi connectivity index (χ3n) is 2.54. The van der Waals surface area contributed by atoms with Crippen LogP contribution in [0.2, 0.25) is 4.47 Å². The van der Waals surface area contributed by atoms with Gasteiger partial charge in [0.15, 0.2) is 4.47 Å². The molecule has 0 spiro atoms. The second-order valence-corrected chi connectivity index (χ2v) is 5.80. The molecule has 0 N–H and O–H groups in total. The van der Waals surface area contributed by atoms with Gasteiger partial charge < -0.3 is 4.74 Å². The molecular formula is C13H15ClN2OS. The van der Waals surface area contributed by atoms with Crippen molar-refractivity contribution in [2.75, 3.05) is 14.2 Å². The van der Waals surface area contributed by atoms with E-state index in [1.165, 1.54) is 21.8 Å². The molecule has 0 aliphatic carbocycles. The molecule has 2 aromatic rings. The maximum absolute atomic E-state index is 5.82. The van der Waals surface area contributed by atoms with E-state index in [0.29, 0.717) is 4.47 Å². The summed E-state index contributed by atoms with van der Waals surface area (Å²) < 4.78 is 5.81. The second kappa shape index (κ2) is 6.18. The lowest BCUT2D eigenvalue weighted by atomic mass is 10.2. The maximum Gasteiger partial charge on any atom is 0.183 e. The molecule has 5 heteroatoms. The summed E-state index contributed by atoms with van der Waals surface area (Å²) in [6.45, 7) is 1.72. The average Bonchev–Trinajstić information content (AvgIpc) is 2.74. The van der Waals surface area contributed by atoms with Crippen molar-refractivity contribution in [3.05, 3.63) is 45.4 Å². The molecule has 0 amide bonds. The second-order valence-electron chi connectivity index (χ2n) is 4.10. The minimum atomic E-state index is 0.597. The highest BCUT2D eigenvalue weighted by atomic mass is 35.5. The van der Waals surface area contributed by atoms with Crippen LogP contribution in [0, 0.1) is 0 Å². The average molecular weight is 283 g/mol. The van der Waals surface area contributed by atoms with Crippen molar-refractivity contribution in [3.8, 4) is 5.75 Å². The van der Waals surface area contributed by atoms with E-state index in [1.54, 1.807) is 7.11 Å². The van der Waals surface area contributed by atoms with E-state index in [-0.39, 0.29) is 0 Å². The summed E-state index contributed by atoms with van der Waals surface area (Å²) in [5, 5.41) is 0. The number of aromatic nitrogens is 1. The number of halogens is 1. The van der Waals surface area contributed by atoms with Crippen LogP contribution in [0.1, 0.15) is 10.4 Å². The van der Waals surface area contributed by atoms with E-state index in [0.717, 1.165) is 18.8 Å². The standard InChI is InChI=1S/C13H15ClN2OS/c1-16(9-12-7-15-13(14)18-12)8-10-4-3-5-11(6-10)17-2/h3-7H,8-9H2,1-2H3. The first-order valence-corrected chi connectivity index (χ1v) is 6.78. The topological polar surface area (TPSA) is 25.4 Å². The molecule has 0 fully saturated rings. The number of rotatable bonds is 5. The Morgan fingerprint density at radius 1 is 1.39 bits per heavy atom. The Bertz CT molecular complexity index is 515. The van der Waals surface area contributed by atoms with Crippen LogP contribution in [0.3, 0.4) is 0 Å². The van der Waals surface area contributed by atoms with Gasteiger partial charge in [-0.2, -0.15) is 0 Å². The van der Waals surface area contributed by atoms with Gasteiger partial charge in [0, 0.05) is 24.2 Å². The quantitative estimate of drug-likeness (QED) is 0.840. The zero-order valence-corrected chi connectivity index (χ0v) is 12.0. The largest absolute Gasteiger partial charge is 0.497 e. The summed E-state index contributed by atoms with van der Waals surface area (Å²) >= 11 is 7.34. The number of nitrogens with zero attached hydrogens (tertiary/aromatic N) is 2. The Kier molecular flexibility index (Phi) is 4.58. The molecule has 0 unspecified atom stereocenters. The lowest BCUT2D eigenvalue weighted by Gasteiger charge is -2.15. The van der Waals surface area contributed by atoms with Crippen molar-refractivity contribution < 1.29 is 4.74 Å². The molecule has 0 saturated carbocycles. The fourth-order valence-corrected chi connectivity index (χ4v) is 2.82. The Morgan fingerprint density at radius 2 is 2.22 bits per heavy atom. The smallest absolute Gasteiger partial charge is 0.183 e. The lowest BCUT2D eigenvalue weighted by Crippen LogP contribution is -2.16. The van der Waals surface area contributed by atoms with Gasteiger partial charge >= 0.3 is 0 Å². The van der Waals surface area contributed by atoms with Gasteiger partial charge in [0.05, 0.1) is 7.11 Å². The zero-order valence-electron chi connectivity index (χ0n) is 10.4. The first kappa shape index (κ1) is 13.3. The molecule has 1 aromatic carbocycles. The SMILES string of the molecule is COc1cccc(CN(C)Cc2cnc(Cl)s2)c1. The Hall–Kier alpha value is -1.10. The molecule has 0 aliphatic heterocycles. The molecular weight excluding hydrogens is 268 g/mol. The number of methoxy groups -OCH3 is 1. The molecule has 0 atom stereocenters. The van der Waals surface area contributed by atoms with Crippen LogP contribution in [0.4, 0.5) is 0 Å². The predicted octanol–water partition coefficient (Wildman–Crippen LogP) is 3.44. The van der Waals surface area contributed by atoms with E-state index in [9.17, 15) is 0 Å². The molecule has 96 valence electrons. The van der Waals surface area contributed by atoms with Crippen LogP contribution >= 0.6 is 22.9 Å². The molecule has 2 rings (SSSR count). The first-order valence-electron chi connectivity index (χ1n) is 5.59. The van der Waals surface area contributed by atoms with Gasteiger partial charge in [-0.15, -0.1) is 11.3 Å². The normalized spacial score (nSPS) is 10.9. The third-order valence-corrected chi connectivity index (χ3v) is 3.64. The summed E-state index contributed by atoms with van der Waals surface area (Å²) in [4.78, 5) is 7.43. The van der Waals surface area contributed by atoms with Crippen molar-refractivity contribution in [2.45, 2.75) is 13.1 Å². The van der Waals surface area contributed by atoms with Crippen molar-refractivity contribution in [3.63, 3.8) is 0 Å². The Labute approximate surface area is 116 Å². The van der Waals surface area contributed by atoms with Crippen molar-refractivity contribution >= 4 is 22.9 Å². The molecule has 1 aromatic heterocycles. The van der Waals surface area contributed by atoms with Crippen LogP contribution in [0.15, 0.2) is 30.5 Å². The predicted molar refractivity (Wildman–Crippen MR) is 75.3 cm³/mol. The van der Waals surface area contributed by atoms with Gasteiger partial charge in [-0.25, -0.2) is 4.98 Å². The van der Waals surface area contributed by atoms with E-state index < -0.39 is 0 Å². The Balaban J connectivity index is 1.96. The highest BCUT2D eigenvalue weighted by Crippen LogP contribution is 2.20. The van der Waals surface area contributed by atoms with Crippen molar-refractivity contribution in [2.24, 2.45) is 0 Å². The monoisotopic (exact) mass is 282 g/mol. The van der Waals surface area contributed by atoms with Crippen LogP contribution in [-0.4, -0.2) is 24.0 Å². The van der Waals surface area contributed by atoms with Gasteiger partial charge in [-0.05, 0) is 24.7 Å². The third kappa shape index (κ3) is 3.70. The van der Waals surface area contributed by atoms with E-state index in [1.807, 2.05) is 18.3 Å². The minimum absolute atomic E-state index is 0.597. The number of ether oxygens (including phenoxy) is 1. The molecule has 0 bridgehead atoms. The van der Waals surface area contributed by atoms with Gasteiger partial charge in [0.2, 0.25) is 0 Å². The van der Waals surface area contributed by atoms with E-state index >= 15 is 0 Å². The summed E-state index contributed by atoms with van der Waals surface area (Å²) in [6.07, 6.45) is 1.83. The van der Waals surface area contributed by atoms with Crippen LogP contribution < -0.4 is 4.74 Å². The molecule has 0 radical (unpaired) electrons.